The lowest BCUT2D eigenvalue weighted by atomic mass is 9.97. The second-order valence-electron chi connectivity index (χ2n) is 6.05. The molecule has 0 aliphatic carbocycles. The molecule has 5 nitrogen and oxygen atoms in total. The molecule has 1 N–H and O–H groups in total. The van der Waals surface area contributed by atoms with Crippen LogP contribution in [0.3, 0.4) is 0 Å². The fourth-order valence-corrected chi connectivity index (χ4v) is 3.83. The topological polar surface area (TPSA) is 72.8 Å². The van der Waals surface area contributed by atoms with E-state index < -0.39 is 24.0 Å². The molecular formula is C21H20O5S. The fourth-order valence-electron chi connectivity index (χ4n) is 2.69. The van der Waals surface area contributed by atoms with Crippen LogP contribution in [0.4, 0.5) is 0 Å². The van der Waals surface area contributed by atoms with Crippen molar-refractivity contribution in [3.05, 3.63) is 71.1 Å². The molecule has 0 saturated carbocycles. The van der Waals surface area contributed by atoms with Gasteiger partial charge in [0.1, 0.15) is 6.61 Å². The fraction of sp³-hybridized carbons (Fsp3) is 0.238. The number of hydrogen-bond donors (Lipinski definition) is 1. The maximum Gasteiger partial charge on any atom is 0.344 e. The molecular weight excluding hydrogens is 364 g/mol. The third-order valence-electron chi connectivity index (χ3n) is 4.09. The van der Waals surface area contributed by atoms with Crippen LogP contribution in [0.15, 0.2) is 60.7 Å². The number of rotatable bonds is 7. The van der Waals surface area contributed by atoms with E-state index in [-0.39, 0.29) is 13.2 Å². The van der Waals surface area contributed by atoms with Crippen LogP contribution in [0.25, 0.3) is 10.1 Å². The molecule has 0 radical (unpaired) electrons. The summed E-state index contributed by atoms with van der Waals surface area (Å²) in [7, 11) is 0. The molecule has 0 unspecified atom stereocenters. The number of benzene rings is 2. The predicted molar refractivity (Wildman–Crippen MR) is 103 cm³/mol. The van der Waals surface area contributed by atoms with E-state index in [2.05, 4.69) is 0 Å². The number of carbonyl (C=O) groups is 2. The lowest BCUT2D eigenvalue weighted by Gasteiger charge is -2.23. The highest BCUT2D eigenvalue weighted by Gasteiger charge is 2.44. The summed E-state index contributed by atoms with van der Waals surface area (Å²) < 4.78 is 11.2. The standard InChI is InChI=1S/C21H20O5S/c1-2-25-20(23)21(24,18-12-16-10-6-7-11-17(16)27-18)13-19(22)26-14-15-8-4-3-5-9-15/h3-12,24H,2,13-14H2,1H3/t21-/m1/s1. The summed E-state index contributed by atoms with van der Waals surface area (Å²) in [5.41, 5.74) is -1.25. The van der Waals surface area contributed by atoms with Crippen molar-refractivity contribution < 1.29 is 24.2 Å². The van der Waals surface area contributed by atoms with Gasteiger partial charge in [-0.05, 0) is 30.0 Å². The van der Waals surface area contributed by atoms with Crippen LogP contribution < -0.4 is 0 Å². The lowest BCUT2D eigenvalue weighted by molar-refractivity contribution is -0.173. The molecule has 0 aliphatic heterocycles. The van der Waals surface area contributed by atoms with E-state index in [0.717, 1.165) is 15.6 Å². The van der Waals surface area contributed by atoms with Gasteiger partial charge < -0.3 is 14.6 Å². The summed E-state index contributed by atoms with van der Waals surface area (Å²) >= 11 is 1.26. The first-order chi connectivity index (χ1) is 13.0. The molecule has 0 amide bonds. The van der Waals surface area contributed by atoms with E-state index in [1.165, 1.54) is 11.3 Å². The van der Waals surface area contributed by atoms with Crippen molar-refractivity contribution in [2.45, 2.75) is 25.6 Å². The minimum Gasteiger partial charge on any atom is -0.464 e. The average Bonchev–Trinajstić information content (AvgIpc) is 3.12. The van der Waals surface area contributed by atoms with E-state index in [0.29, 0.717) is 4.88 Å². The van der Waals surface area contributed by atoms with Gasteiger partial charge in [-0.1, -0.05) is 48.5 Å². The van der Waals surface area contributed by atoms with Gasteiger partial charge in [0, 0.05) is 9.58 Å². The van der Waals surface area contributed by atoms with Crippen molar-refractivity contribution in [3.8, 4) is 0 Å². The van der Waals surface area contributed by atoms with E-state index in [4.69, 9.17) is 9.47 Å². The molecule has 0 saturated heterocycles. The lowest BCUT2D eigenvalue weighted by Crippen LogP contribution is -2.39. The molecule has 6 heteroatoms. The Hall–Kier alpha value is -2.70. The average molecular weight is 384 g/mol. The van der Waals surface area contributed by atoms with Crippen molar-refractivity contribution in [1.29, 1.82) is 0 Å². The summed E-state index contributed by atoms with van der Waals surface area (Å²) in [5, 5.41) is 12.0. The van der Waals surface area contributed by atoms with Crippen LogP contribution >= 0.6 is 11.3 Å². The van der Waals surface area contributed by atoms with Crippen LogP contribution in [0.5, 0.6) is 0 Å². The first kappa shape index (κ1) is 19.1. The SMILES string of the molecule is CCOC(=O)[C@@](O)(CC(=O)OCc1ccccc1)c1cc2ccccc2s1. The molecule has 27 heavy (non-hydrogen) atoms. The molecule has 0 bridgehead atoms. The molecule has 140 valence electrons. The molecule has 1 atom stereocenters. The third-order valence-corrected chi connectivity index (χ3v) is 5.36. The van der Waals surface area contributed by atoms with Gasteiger partial charge in [-0.3, -0.25) is 4.79 Å². The zero-order valence-electron chi connectivity index (χ0n) is 14.9. The summed E-state index contributed by atoms with van der Waals surface area (Å²) in [6.45, 7) is 1.83. The Bertz CT molecular complexity index is 901. The molecule has 0 spiro atoms. The molecule has 3 rings (SSSR count). The van der Waals surface area contributed by atoms with Gasteiger partial charge in [0.2, 0.25) is 5.60 Å². The van der Waals surface area contributed by atoms with Gasteiger partial charge in [0.05, 0.1) is 13.0 Å². The minimum atomic E-state index is -2.08. The number of ether oxygens (including phenoxy) is 2. The van der Waals surface area contributed by atoms with Gasteiger partial charge in [-0.25, -0.2) is 4.79 Å². The number of thiophene rings is 1. The molecule has 2 aromatic carbocycles. The normalized spacial score (nSPS) is 13.1. The Balaban J connectivity index is 1.81. The van der Waals surface area contributed by atoms with Gasteiger partial charge in [0.15, 0.2) is 0 Å². The van der Waals surface area contributed by atoms with E-state index >= 15 is 0 Å². The highest BCUT2D eigenvalue weighted by molar-refractivity contribution is 7.19. The van der Waals surface area contributed by atoms with Crippen molar-refractivity contribution >= 4 is 33.4 Å². The van der Waals surface area contributed by atoms with Gasteiger partial charge in [0.25, 0.3) is 0 Å². The zero-order chi connectivity index (χ0) is 19.3. The first-order valence-corrected chi connectivity index (χ1v) is 9.43. The Labute approximate surface area is 161 Å². The largest absolute Gasteiger partial charge is 0.464 e. The second-order valence-corrected chi connectivity index (χ2v) is 7.14. The molecule has 1 aromatic heterocycles. The van der Waals surface area contributed by atoms with Crippen LogP contribution in [0.1, 0.15) is 23.8 Å². The highest BCUT2D eigenvalue weighted by Crippen LogP contribution is 2.36. The molecule has 1 heterocycles. The Morgan fingerprint density at radius 2 is 1.74 bits per heavy atom. The summed E-state index contributed by atoms with van der Waals surface area (Å²) in [6.07, 6.45) is -0.508. The molecule has 0 aliphatic rings. The van der Waals surface area contributed by atoms with Gasteiger partial charge in [-0.15, -0.1) is 11.3 Å². The maximum absolute atomic E-state index is 12.5. The smallest absolute Gasteiger partial charge is 0.344 e. The molecule has 0 fully saturated rings. The zero-order valence-corrected chi connectivity index (χ0v) is 15.7. The first-order valence-electron chi connectivity index (χ1n) is 8.61. The number of esters is 2. The quantitative estimate of drug-likeness (QED) is 0.628. The highest BCUT2D eigenvalue weighted by atomic mass is 32.1. The van der Waals surface area contributed by atoms with E-state index in [9.17, 15) is 14.7 Å². The summed E-state index contributed by atoms with van der Waals surface area (Å²) in [6, 6.07) is 18.4. The van der Waals surface area contributed by atoms with Crippen LogP contribution in [0.2, 0.25) is 0 Å². The third kappa shape index (κ3) is 4.35. The van der Waals surface area contributed by atoms with Crippen LogP contribution in [-0.4, -0.2) is 23.7 Å². The van der Waals surface area contributed by atoms with E-state index in [1.807, 2.05) is 54.6 Å². The van der Waals surface area contributed by atoms with Crippen molar-refractivity contribution in [2.24, 2.45) is 0 Å². The summed E-state index contributed by atoms with van der Waals surface area (Å²) in [4.78, 5) is 25.2. The monoisotopic (exact) mass is 384 g/mol. The predicted octanol–water partition coefficient (Wildman–Crippen LogP) is 3.79. The van der Waals surface area contributed by atoms with Crippen molar-refractivity contribution in [1.82, 2.24) is 0 Å². The van der Waals surface area contributed by atoms with Gasteiger partial charge >= 0.3 is 11.9 Å². The van der Waals surface area contributed by atoms with Gasteiger partial charge in [-0.2, -0.15) is 0 Å². The second kappa shape index (κ2) is 8.33. The van der Waals surface area contributed by atoms with E-state index in [1.54, 1.807) is 13.0 Å². The summed E-state index contributed by atoms with van der Waals surface area (Å²) in [5.74, 6) is -1.53. The molecule has 3 aromatic rings. The Morgan fingerprint density at radius 3 is 2.44 bits per heavy atom. The Kier molecular flexibility index (Phi) is 5.88. The van der Waals surface area contributed by atoms with Crippen LogP contribution in [0, 0.1) is 0 Å². The van der Waals surface area contributed by atoms with Crippen molar-refractivity contribution in [2.75, 3.05) is 6.61 Å². The van der Waals surface area contributed by atoms with Crippen molar-refractivity contribution in [3.63, 3.8) is 0 Å². The van der Waals surface area contributed by atoms with Crippen LogP contribution in [-0.2, 0) is 31.3 Å². The number of fused-ring (bicyclic) bond motifs is 1. The maximum atomic E-state index is 12.5. The minimum absolute atomic E-state index is 0.0744. The number of aliphatic hydroxyl groups is 1. The Morgan fingerprint density at radius 1 is 1.04 bits per heavy atom. The number of hydrogen-bond acceptors (Lipinski definition) is 6. The number of carbonyl (C=O) groups excluding carboxylic acids is 2.